The summed E-state index contributed by atoms with van der Waals surface area (Å²) >= 11 is 0. The number of nitrogens with zero attached hydrogens (tertiary/aromatic N) is 1. The summed E-state index contributed by atoms with van der Waals surface area (Å²) in [7, 11) is 0. The third-order valence-corrected chi connectivity index (χ3v) is 10.7. The molecule has 9 heteroatoms. The molecule has 5 N–H and O–H groups in total. The minimum atomic E-state index is -0.588. The molecule has 0 radical (unpaired) electrons. The molecule has 1 heterocycles. The van der Waals surface area contributed by atoms with Crippen LogP contribution in [0.2, 0.25) is 0 Å². The first kappa shape index (κ1) is 44.9. The van der Waals surface area contributed by atoms with Crippen LogP contribution in [0.4, 0.5) is 17.1 Å². The fraction of sp³-hybridized carbons (Fsp3) is 0.574. The lowest BCUT2D eigenvalue weighted by molar-refractivity contribution is -0.253. The molecule has 0 unspecified atom stereocenters. The van der Waals surface area contributed by atoms with Crippen LogP contribution in [-0.4, -0.2) is 47.6 Å². The Kier molecular flexibility index (Phi) is 21.0. The van der Waals surface area contributed by atoms with Crippen molar-refractivity contribution in [2.24, 2.45) is 0 Å². The van der Waals surface area contributed by atoms with Crippen molar-refractivity contribution in [1.82, 2.24) is 4.90 Å². The number of amides is 2. The third kappa shape index (κ3) is 16.8. The van der Waals surface area contributed by atoms with Crippen molar-refractivity contribution in [2.45, 2.75) is 155 Å². The Morgan fingerprint density at radius 2 is 1.30 bits per heavy atom. The van der Waals surface area contributed by atoms with Gasteiger partial charge in [0.1, 0.15) is 0 Å². The average molecular weight is 771 g/mol. The fourth-order valence-corrected chi connectivity index (χ4v) is 7.40. The molecular formula is C47H70N4O5. The fourth-order valence-electron chi connectivity index (χ4n) is 7.40. The predicted molar refractivity (Wildman–Crippen MR) is 229 cm³/mol. The Morgan fingerprint density at radius 3 is 1.95 bits per heavy atom. The molecule has 0 saturated carbocycles. The lowest BCUT2D eigenvalue weighted by atomic mass is 9.99. The van der Waals surface area contributed by atoms with E-state index in [1.54, 1.807) is 12.1 Å². The molecule has 1 saturated heterocycles. The van der Waals surface area contributed by atoms with Crippen LogP contribution >= 0.6 is 0 Å². The lowest BCUT2D eigenvalue weighted by Gasteiger charge is -2.38. The van der Waals surface area contributed by atoms with Crippen LogP contribution in [0.25, 0.3) is 0 Å². The van der Waals surface area contributed by atoms with E-state index in [1.165, 1.54) is 77.0 Å². The van der Waals surface area contributed by atoms with Crippen molar-refractivity contribution in [2.75, 3.05) is 36.0 Å². The third-order valence-electron chi connectivity index (χ3n) is 10.7. The summed E-state index contributed by atoms with van der Waals surface area (Å²) in [5.41, 5.74) is 10.6. The molecule has 0 spiro atoms. The maximum atomic E-state index is 13.0. The monoisotopic (exact) mass is 771 g/mol. The van der Waals surface area contributed by atoms with E-state index in [0.717, 1.165) is 49.2 Å². The minimum Gasteiger partial charge on any atom is -0.397 e. The second-order valence-electron chi connectivity index (χ2n) is 15.6. The van der Waals surface area contributed by atoms with Gasteiger partial charge in [-0.05, 0) is 74.2 Å². The number of benzene rings is 3. The highest BCUT2D eigenvalue weighted by atomic mass is 16.7. The van der Waals surface area contributed by atoms with Crippen molar-refractivity contribution in [1.29, 1.82) is 0 Å². The highest BCUT2D eigenvalue weighted by Crippen LogP contribution is 2.39. The molecule has 56 heavy (non-hydrogen) atoms. The van der Waals surface area contributed by atoms with Crippen LogP contribution in [-0.2, 0) is 25.7 Å². The number of unbranched alkanes of at least 4 members (excludes halogenated alkanes) is 12. The summed E-state index contributed by atoms with van der Waals surface area (Å²) in [5, 5.41) is 15.6. The first-order valence-corrected chi connectivity index (χ1v) is 21.7. The molecule has 0 bridgehead atoms. The zero-order valence-corrected chi connectivity index (χ0v) is 34.3. The maximum Gasteiger partial charge on any atom is 0.224 e. The van der Waals surface area contributed by atoms with Crippen molar-refractivity contribution in [3.05, 3.63) is 89.5 Å². The summed E-state index contributed by atoms with van der Waals surface area (Å²) < 4.78 is 13.5. The van der Waals surface area contributed by atoms with E-state index in [2.05, 4.69) is 41.5 Å². The average Bonchev–Trinajstić information content (AvgIpc) is 3.21. The summed E-state index contributed by atoms with van der Waals surface area (Å²) in [6.45, 7) is 7.56. The zero-order chi connectivity index (χ0) is 39.8. The van der Waals surface area contributed by atoms with Crippen molar-refractivity contribution >= 4 is 28.9 Å². The van der Waals surface area contributed by atoms with Gasteiger partial charge < -0.3 is 35.8 Å². The number of hydrogen-bond donors (Lipinski definition) is 4. The number of carbonyl (C=O) groups is 2. The number of nitrogens with one attached hydrogen (secondary N) is 2. The molecule has 0 aromatic heterocycles. The molecule has 3 aromatic rings. The smallest absolute Gasteiger partial charge is 0.224 e. The van der Waals surface area contributed by atoms with Crippen molar-refractivity contribution in [3.8, 4) is 0 Å². The van der Waals surface area contributed by atoms with Crippen LogP contribution in [0.1, 0.15) is 159 Å². The number of hydrogen-bond acceptors (Lipinski definition) is 7. The van der Waals surface area contributed by atoms with Gasteiger partial charge in [0.15, 0.2) is 6.29 Å². The molecule has 3 aromatic carbocycles. The number of carbonyl (C=O) groups excluding carboxylic acids is 2. The normalized spacial score (nSPS) is 16.9. The standard InChI is InChI=1S/C47H70N4O5/c1-3-5-7-9-11-18-31-51(32-19-12-10-8-6-4-2)35-41-34-44(38-29-27-37(36-52)28-30-38)56-47(55-41)39-21-20-22-40(33-39)49-45(53)25-14-13-15-26-46(54)50-43-24-17-16-23-42(43)48/h16-17,20-24,27-30,33,41,44,47,52H,3-15,18-19,25-26,31-32,34-36,48H2,1-2H3,(H,49,53)(H,50,54)/t41-,44+,47+/m1/s1. The summed E-state index contributed by atoms with van der Waals surface area (Å²) in [6, 6.07) is 23.1. The van der Waals surface area contributed by atoms with E-state index in [1.807, 2.05) is 48.5 Å². The molecule has 3 atom stereocenters. The van der Waals surface area contributed by atoms with Gasteiger partial charge in [0, 0.05) is 37.1 Å². The number of anilines is 3. The minimum absolute atomic E-state index is 0.00632. The number of para-hydroxylation sites is 2. The van der Waals surface area contributed by atoms with Crippen LogP contribution < -0.4 is 16.4 Å². The quantitative estimate of drug-likeness (QED) is 0.0449. The molecule has 308 valence electrons. The van der Waals surface area contributed by atoms with Gasteiger partial charge in [-0.1, -0.05) is 133 Å². The zero-order valence-electron chi connectivity index (χ0n) is 34.3. The molecule has 1 aliphatic heterocycles. The van der Waals surface area contributed by atoms with Gasteiger partial charge in [-0.15, -0.1) is 0 Å². The van der Waals surface area contributed by atoms with Gasteiger partial charge in [0.05, 0.1) is 30.2 Å². The van der Waals surface area contributed by atoms with E-state index in [4.69, 9.17) is 15.2 Å². The second-order valence-corrected chi connectivity index (χ2v) is 15.6. The Labute approximate surface area is 337 Å². The number of ether oxygens (including phenoxy) is 2. The van der Waals surface area contributed by atoms with E-state index in [-0.39, 0.29) is 30.6 Å². The number of aliphatic hydroxyl groups is 1. The number of aliphatic hydroxyl groups excluding tert-OH is 1. The van der Waals surface area contributed by atoms with Crippen LogP contribution in [0.5, 0.6) is 0 Å². The van der Waals surface area contributed by atoms with Gasteiger partial charge in [-0.2, -0.15) is 0 Å². The van der Waals surface area contributed by atoms with Crippen molar-refractivity contribution in [3.63, 3.8) is 0 Å². The highest BCUT2D eigenvalue weighted by Gasteiger charge is 2.33. The lowest BCUT2D eigenvalue weighted by Crippen LogP contribution is -2.40. The molecular weight excluding hydrogens is 701 g/mol. The summed E-state index contributed by atoms with van der Waals surface area (Å²) in [6.07, 6.45) is 18.2. The second kappa shape index (κ2) is 26.2. The summed E-state index contributed by atoms with van der Waals surface area (Å²) in [5.74, 6) is -0.139. The van der Waals surface area contributed by atoms with Crippen LogP contribution in [0, 0.1) is 0 Å². The SMILES string of the molecule is CCCCCCCCN(CCCCCCCC)C[C@H]1C[C@@H](c2ccc(CO)cc2)O[C@@H](c2cccc(NC(=O)CCCCCC(=O)Nc3ccccc3N)c2)O1. The van der Waals surface area contributed by atoms with Crippen LogP contribution in [0.15, 0.2) is 72.8 Å². The first-order chi connectivity index (χ1) is 27.4. The van der Waals surface area contributed by atoms with E-state index < -0.39 is 6.29 Å². The molecule has 9 nitrogen and oxygen atoms in total. The Morgan fingerprint density at radius 1 is 0.696 bits per heavy atom. The first-order valence-electron chi connectivity index (χ1n) is 21.7. The van der Waals surface area contributed by atoms with Crippen LogP contribution in [0.3, 0.4) is 0 Å². The Hall–Kier alpha value is -3.76. The Bertz CT molecular complexity index is 1530. The molecule has 2 amide bonds. The predicted octanol–water partition coefficient (Wildman–Crippen LogP) is 10.9. The molecule has 4 rings (SSSR count). The van der Waals surface area contributed by atoms with Crippen molar-refractivity contribution < 1.29 is 24.2 Å². The van der Waals surface area contributed by atoms with E-state index in [9.17, 15) is 14.7 Å². The van der Waals surface area contributed by atoms with Gasteiger partial charge in [0.2, 0.25) is 11.8 Å². The number of nitrogens with two attached hydrogens (primary N) is 1. The summed E-state index contributed by atoms with van der Waals surface area (Å²) in [4.78, 5) is 27.9. The maximum absolute atomic E-state index is 13.0. The van der Waals surface area contributed by atoms with E-state index in [0.29, 0.717) is 42.7 Å². The number of rotatable bonds is 27. The molecule has 1 aliphatic rings. The Balaban J connectivity index is 1.35. The molecule has 1 fully saturated rings. The van der Waals surface area contributed by atoms with Gasteiger partial charge in [-0.3, -0.25) is 9.59 Å². The largest absolute Gasteiger partial charge is 0.397 e. The topological polar surface area (TPSA) is 126 Å². The highest BCUT2D eigenvalue weighted by molar-refractivity contribution is 5.93. The van der Waals surface area contributed by atoms with Gasteiger partial charge in [-0.25, -0.2) is 0 Å². The molecule has 0 aliphatic carbocycles. The van der Waals surface area contributed by atoms with Gasteiger partial charge in [0.25, 0.3) is 0 Å². The van der Waals surface area contributed by atoms with E-state index >= 15 is 0 Å². The number of nitrogen functional groups attached to an aromatic ring is 1. The van der Waals surface area contributed by atoms with Gasteiger partial charge >= 0.3 is 0 Å².